The van der Waals surface area contributed by atoms with E-state index in [-0.39, 0.29) is 16.9 Å². The molecular formula is C20H19N3O2S. The lowest BCUT2D eigenvalue weighted by atomic mass is 10.1. The summed E-state index contributed by atoms with van der Waals surface area (Å²) >= 11 is 1.38. The predicted octanol–water partition coefficient (Wildman–Crippen LogP) is 4.26. The van der Waals surface area contributed by atoms with Crippen molar-refractivity contribution in [2.75, 3.05) is 5.32 Å². The Hall–Kier alpha value is -2.73. The van der Waals surface area contributed by atoms with E-state index < -0.39 is 0 Å². The second kappa shape index (κ2) is 7.66. The number of rotatable bonds is 5. The molecule has 0 bridgehead atoms. The number of anilines is 1. The number of carbonyl (C=O) groups is 2. The summed E-state index contributed by atoms with van der Waals surface area (Å²) in [5.74, 6) is 0.406. The Morgan fingerprint density at radius 2 is 1.73 bits per heavy atom. The van der Waals surface area contributed by atoms with Crippen molar-refractivity contribution in [2.24, 2.45) is 0 Å². The summed E-state index contributed by atoms with van der Waals surface area (Å²) in [6.45, 7) is 5.14. The van der Waals surface area contributed by atoms with Crippen molar-refractivity contribution < 1.29 is 9.59 Å². The van der Waals surface area contributed by atoms with Gasteiger partial charge < -0.3 is 5.32 Å². The number of nitrogens with zero attached hydrogens (tertiary/aromatic N) is 2. The average molecular weight is 365 g/mol. The van der Waals surface area contributed by atoms with E-state index in [1.807, 2.05) is 38.1 Å². The molecule has 0 aliphatic rings. The zero-order valence-corrected chi connectivity index (χ0v) is 15.6. The molecule has 0 aliphatic heterocycles. The Morgan fingerprint density at radius 1 is 1.04 bits per heavy atom. The van der Waals surface area contributed by atoms with Crippen LogP contribution in [-0.4, -0.2) is 26.9 Å². The number of amides is 1. The zero-order chi connectivity index (χ0) is 18.7. The molecule has 0 unspecified atom stereocenters. The first-order valence-electron chi connectivity index (χ1n) is 8.26. The van der Waals surface area contributed by atoms with Crippen molar-refractivity contribution in [1.82, 2.24) is 9.97 Å². The molecule has 1 aromatic heterocycles. The quantitative estimate of drug-likeness (QED) is 0.415. The van der Waals surface area contributed by atoms with Gasteiger partial charge in [0.1, 0.15) is 10.9 Å². The Balaban J connectivity index is 1.82. The van der Waals surface area contributed by atoms with Gasteiger partial charge in [-0.2, -0.15) is 0 Å². The minimum atomic E-state index is -0.382. The number of thioether (sulfide) groups is 1. The van der Waals surface area contributed by atoms with E-state index in [9.17, 15) is 9.59 Å². The normalized spacial score (nSPS) is 12.0. The molecule has 1 heterocycles. The zero-order valence-electron chi connectivity index (χ0n) is 14.8. The van der Waals surface area contributed by atoms with Crippen molar-refractivity contribution in [3.63, 3.8) is 0 Å². The number of para-hydroxylation sites is 2. The maximum atomic E-state index is 12.6. The molecule has 0 saturated carbocycles. The molecule has 0 fully saturated rings. The van der Waals surface area contributed by atoms with Crippen LogP contribution in [0.25, 0.3) is 10.9 Å². The molecule has 1 amide bonds. The van der Waals surface area contributed by atoms with E-state index in [1.54, 1.807) is 24.3 Å². The van der Waals surface area contributed by atoms with Crippen molar-refractivity contribution in [3.8, 4) is 0 Å². The minimum absolute atomic E-state index is 0.0846. The van der Waals surface area contributed by atoms with E-state index in [1.165, 1.54) is 18.7 Å². The number of aryl methyl sites for hydroxylation is 1. The standard InChI is InChI=1S/C20H19N3O2S/c1-12(24)15-8-4-6-10-17(15)23-19(25)13(2)26-20-16-9-5-7-11-18(16)21-14(3)22-20/h4-11,13H,1-3H3,(H,23,25)/t13-/m0/s1. The van der Waals surface area contributed by atoms with Gasteiger partial charge in [0.15, 0.2) is 5.78 Å². The molecule has 3 aromatic rings. The summed E-state index contributed by atoms with van der Waals surface area (Å²) in [6.07, 6.45) is 0. The molecule has 3 rings (SSSR count). The smallest absolute Gasteiger partial charge is 0.237 e. The van der Waals surface area contributed by atoms with Crippen LogP contribution in [0, 0.1) is 6.92 Å². The number of benzene rings is 2. The lowest BCUT2D eigenvalue weighted by Gasteiger charge is -2.14. The Bertz CT molecular complexity index is 988. The van der Waals surface area contributed by atoms with Crippen LogP contribution in [-0.2, 0) is 4.79 Å². The highest BCUT2D eigenvalue weighted by Crippen LogP contribution is 2.29. The molecule has 6 heteroatoms. The van der Waals surface area contributed by atoms with Gasteiger partial charge in [0.25, 0.3) is 0 Å². The van der Waals surface area contributed by atoms with Crippen LogP contribution < -0.4 is 5.32 Å². The van der Waals surface area contributed by atoms with Crippen LogP contribution in [0.5, 0.6) is 0 Å². The number of nitrogens with one attached hydrogen (secondary N) is 1. The number of aromatic nitrogens is 2. The fourth-order valence-electron chi connectivity index (χ4n) is 2.60. The highest BCUT2D eigenvalue weighted by atomic mass is 32.2. The molecule has 1 atom stereocenters. The van der Waals surface area contributed by atoms with Gasteiger partial charge in [0.2, 0.25) is 5.91 Å². The van der Waals surface area contributed by atoms with Crippen LogP contribution in [0.15, 0.2) is 53.6 Å². The largest absolute Gasteiger partial charge is 0.324 e. The van der Waals surface area contributed by atoms with Gasteiger partial charge in [-0.3, -0.25) is 9.59 Å². The molecule has 0 spiro atoms. The van der Waals surface area contributed by atoms with E-state index >= 15 is 0 Å². The summed E-state index contributed by atoms with van der Waals surface area (Å²) in [5.41, 5.74) is 1.89. The third-order valence-corrected chi connectivity index (χ3v) is 5.00. The average Bonchev–Trinajstić information content (AvgIpc) is 2.61. The summed E-state index contributed by atoms with van der Waals surface area (Å²) in [5, 5.41) is 4.17. The van der Waals surface area contributed by atoms with Crippen LogP contribution in [0.3, 0.4) is 0 Å². The lowest BCUT2D eigenvalue weighted by Crippen LogP contribution is -2.23. The topological polar surface area (TPSA) is 72.0 Å². The molecule has 2 aromatic carbocycles. The SMILES string of the molecule is CC(=O)c1ccccc1NC(=O)[C@H](C)Sc1nc(C)nc2ccccc12. The number of ketones is 1. The van der Waals surface area contributed by atoms with Crippen LogP contribution in [0.2, 0.25) is 0 Å². The molecule has 1 N–H and O–H groups in total. The number of carbonyl (C=O) groups excluding carboxylic acids is 2. The molecule has 0 saturated heterocycles. The van der Waals surface area contributed by atoms with Gasteiger partial charge >= 0.3 is 0 Å². The van der Waals surface area contributed by atoms with Gasteiger partial charge in [-0.25, -0.2) is 9.97 Å². The molecule has 0 radical (unpaired) electrons. The number of fused-ring (bicyclic) bond motifs is 1. The summed E-state index contributed by atoms with van der Waals surface area (Å²) < 4.78 is 0. The molecule has 132 valence electrons. The van der Waals surface area contributed by atoms with Gasteiger partial charge in [-0.1, -0.05) is 42.1 Å². The summed E-state index contributed by atoms with van der Waals surface area (Å²) in [4.78, 5) is 33.3. The van der Waals surface area contributed by atoms with Crippen molar-refractivity contribution in [2.45, 2.75) is 31.0 Å². The first-order valence-corrected chi connectivity index (χ1v) is 9.14. The van der Waals surface area contributed by atoms with Crippen molar-refractivity contribution in [1.29, 1.82) is 0 Å². The fourth-order valence-corrected chi connectivity index (χ4v) is 3.59. The predicted molar refractivity (Wildman–Crippen MR) is 105 cm³/mol. The van der Waals surface area contributed by atoms with Crippen LogP contribution in [0.1, 0.15) is 30.0 Å². The maximum Gasteiger partial charge on any atom is 0.237 e. The van der Waals surface area contributed by atoms with E-state index in [2.05, 4.69) is 15.3 Å². The van der Waals surface area contributed by atoms with Gasteiger partial charge in [-0.05, 0) is 39.0 Å². The summed E-state index contributed by atoms with van der Waals surface area (Å²) in [7, 11) is 0. The second-order valence-electron chi connectivity index (χ2n) is 5.94. The van der Waals surface area contributed by atoms with E-state index in [0.29, 0.717) is 17.1 Å². The number of hydrogen-bond acceptors (Lipinski definition) is 5. The minimum Gasteiger partial charge on any atom is -0.324 e. The van der Waals surface area contributed by atoms with Crippen molar-refractivity contribution >= 4 is 40.0 Å². The van der Waals surface area contributed by atoms with Crippen molar-refractivity contribution in [3.05, 3.63) is 59.9 Å². The first-order chi connectivity index (χ1) is 12.5. The highest BCUT2D eigenvalue weighted by molar-refractivity contribution is 8.00. The molecule has 26 heavy (non-hydrogen) atoms. The maximum absolute atomic E-state index is 12.6. The van der Waals surface area contributed by atoms with Gasteiger partial charge in [0.05, 0.1) is 16.5 Å². The third kappa shape index (κ3) is 3.91. The first kappa shape index (κ1) is 18.1. The fraction of sp³-hybridized carbons (Fsp3) is 0.200. The highest BCUT2D eigenvalue weighted by Gasteiger charge is 2.19. The van der Waals surface area contributed by atoms with Gasteiger partial charge in [0, 0.05) is 10.9 Å². The molecular weight excluding hydrogens is 346 g/mol. The van der Waals surface area contributed by atoms with Gasteiger partial charge in [-0.15, -0.1) is 0 Å². The Morgan fingerprint density at radius 3 is 2.50 bits per heavy atom. The molecule has 0 aliphatic carbocycles. The number of Topliss-reactive ketones (excluding diaryl/α,β-unsaturated/α-hetero) is 1. The Kier molecular flexibility index (Phi) is 5.32. The van der Waals surface area contributed by atoms with E-state index in [4.69, 9.17) is 0 Å². The molecule has 5 nitrogen and oxygen atoms in total. The third-order valence-electron chi connectivity index (χ3n) is 3.90. The lowest BCUT2D eigenvalue weighted by molar-refractivity contribution is -0.115. The summed E-state index contributed by atoms with van der Waals surface area (Å²) in [6, 6.07) is 14.8. The van der Waals surface area contributed by atoms with Crippen LogP contribution >= 0.6 is 11.8 Å². The number of hydrogen-bond donors (Lipinski definition) is 1. The van der Waals surface area contributed by atoms with Crippen LogP contribution in [0.4, 0.5) is 5.69 Å². The van der Waals surface area contributed by atoms with E-state index in [0.717, 1.165) is 15.9 Å². The monoisotopic (exact) mass is 365 g/mol. The second-order valence-corrected chi connectivity index (χ2v) is 7.27. The Labute approximate surface area is 156 Å².